The molecule has 1 saturated carbocycles. The molecule has 0 aliphatic heterocycles. The van der Waals surface area contributed by atoms with Crippen LogP contribution >= 0.6 is 0 Å². The van der Waals surface area contributed by atoms with Crippen molar-refractivity contribution in [2.75, 3.05) is 5.32 Å². The lowest BCUT2D eigenvalue weighted by molar-refractivity contribution is -0.118. The Labute approximate surface area is 148 Å². The van der Waals surface area contributed by atoms with Crippen LogP contribution in [0.2, 0.25) is 0 Å². The molecule has 0 aromatic carbocycles. The van der Waals surface area contributed by atoms with Crippen molar-refractivity contribution in [3.63, 3.8) is 0 Å². The number of rotatable bonds is 4. The Morgan fingerprint density at radius 3 is 2.52 bits per heavy atom. The molecule has 3 rings (SSSR count). The lowest BCUT2D eigenvalue weighted by Crippen LogP contribution is -2.41. The van der Waals surface area contributed by atoms with E-state index in [1.807, 2.05) is 26.0 Å². The Bertz CT molecular complexity index is 694. The van der Waals surface area contributed by atoms with E-state index in [2.05, 4.69) is 20.5 Å². The monoisotopic (exact) mass is 341 g/mol. The highest BCUT2D eigenvalue weighted by atomic mass is 16.2. The predicted molar refractivity (Wildman–Crippen MR) is 99.1 cm³/mol. The molecule has 6 nitrogen and oxygen atoms in total. The number of nitrogens with zero attached hydrogens (tertiary/aromatic N) is 2. The minimum absolute atomic E-state index is 0.114. The first kappa shape index (κ1) is 17.6. The summed E-state index contributed by atoms with van der Waals surface area (Å²) in [7, 11) is 0. The molecule has 1 amide bonds. The van der Waals surface area contributed by atoms with Gasteiger partial charge in [-0.25, -0.2) is 0 Å². The van der Waals surface area contributed by atoms with Crippen LogP contribution in [0, 0.1) is 19.8 Å². The van der Waals surface area contributed by atoms with Gasteiger partial charge in [0.05, 0.1) is 29.3 Å². The number of carbonyl (C=O) groups is 1. The van der Waals surface area contributed by atoms with Gasteiger partial charge in [-0.1, -0.05) is 25.7 Å². The highest BCUT2D eigenvalue weighted by Crippen LogP contribution is 2.26. The second-order valence-electron chi connectivity index (χ2n) is 7.01. The second-order valence-corrected chi connectivity index (χ2v) is 7.01. The average molecular weight is 341 g/mol. The molecule has 1 atom stereocenters. The zero-order valence-corrected chi connectivity index (χ0v) is 15.0. The number of hydrogen-bond acceptors (Lipinski definition) is 4. The first-order valence-electron chi connectivity index (χ1n) is 9.10. The third-order valence-electron chi connectivity index (χ3n) is 5.13. The van der Waals surface area contributed by atoms with Crippen molar-refractivity contribution in [3.05, 3.63) is 29.7 Å². The number of pyridine rings is 1. The maximum atomic E-state index is 12.5. The van der Waals surface area contributed by atoms with E-state index < -0.39 is 6.04 Å². The van der Waals surface area contributed by atoms with E-state index in [1.54, 1.807) is 6.20 Å². The van der Waals surface area contributed by atoms with Crippen LogP contribution in [0.25, 0.3) is 11.3 Å². The summed E-state index contributed by atoms with van der Waals surface area (Å²) in [6, 6.07) is 3.32. The van der Waals surface area contributed by atoms with Gasteiger partial charge in [-0.3, -0.25) is 14.9 Å². The molecule has 0 radical (unpaired) electrons. The standard InChI is InChI=1S/C19H27N5O/c1-12-17(13(2)24-23-12)16-10-9-15(11-21-16)22-19(25)18(20)14-7-5-3-4-6-8-14/h9-11,14,18H,3-8,20H2,1-2H3,(H,22,25)(H,23,24)/t18-/m0/s1. The highest BCUT2D eigenvalue weighted by Gasteiger charge is 2.25. The summed E-state index contributed by atoms with van der Waals surface area (Å²) in [4.78, 5) is 16.9. The molecule has 2 aromatic heterocycles. The minimum atomic E-state index is -0.448. The van der Waals surface area contributed by atoms with Gasteiger partial charge in [0, 0.05) is 11.3 Å². The molecule has 1 aliphatic carbocycles. The van der Waals surface area contributed by atoms with Gasteiger partial charge in [-0.05, 0) is 44.7 Å². The molecule has 0 bridgehead atoms. The zero-order chi connectivity index (χ0) is 17.8. The number of hydrogen-bond donors (Lipinski definition) is 3. The Kier molecular flexibility index (Phi) is 5.48. The van der Waals surface area contributed by atoms with Crippen LogP contribution in [0.3, 0.4) is 0 Å². The van der Waals surface area contributed by atoms with E-state index >= 15 is 0 Å². The lowest BCUT2D eigenvalue weighted by Gasteiger charge is -2.21. The number of anilines is 1. The van der Waals surface area contributed by atoms with Crippen LogP contribution in [-0.4, -0.2) is 27.1 Å². The molecule has 25 heavy (non-hydrogen) atoms. The molecule has 2 heterocycles. The average Bonchev–Trinajstić information content (AvgIpc) is 2.82. The van der Waals surface area contributed by atoms with Crippen molar-refractivity contribution in [2.24, 2.45) is 11.7 Å². The molecular formula is C19H27N5O. The summed E-state index contributed by atoms with van der Waals surface area (Å²) < 4.78 is 0. The highest BCUT2D eigenvalue weighted by molar-refractivity contribution is 5.94. The molecular weight excluding hydrogens is 314 g/mol. The topological polar surface area (TPSA) is 96.7 Å². The number of nitrogens with one attached hydrogen (secondary N) is 2. The molecule has 134 valence electrons. The number of carbonyl (C=O) groups excluding carboxylic acids is 1. The molecule has 1 fully saturated rings. The maximum absolute atomic E-state index is 12.5. The Balaban J connectivity index is 1.65. The number of nitrogens with two attached hydrogens (primary N) is 1. The molecule has 0 saturated heterocycles. The smallest absolute Gasteiger partial charge is 0.241 e. The van der Waals surface area contributed by atoms with Crippen LogP contribution in [0.1, 0.15) is 49.9 Å². The minimum Gasteiger partial charge on any atom is -0.323 e. The number of amides is 1. The Morgan fingerprint density at radius 1 is 1.24 bits per heavy atom. The summed E-state index contributed by atoms with van der Waals surface area (Å²) in [5.74, 6) is 0.170. The van der Waals surface area contributed by atoms with Crippen molar-refractivity contribution in [1.29, 1.82) is 0 Å². The fourth-order valence-electron chi connectivity index (χ4n) is 3.65. The fraction of sp³-hybridized carbons (Fsp3) is 0.526. The van der Waals surface area contributed by atoms with Crippen molar-refractivity contribution in [2.45, 2.75) is 58.4 Å². The molecule has 1 aliphatic rings. The Morgan fingerprint density at radius 2 is 1.96 bits per heavy atom. The summed E-state index contributed by atoms with van der Waals surface area (Å²) in [5, 5.41) is 10.1. The Hall–Kier alpha value is -2.21. The molecule has 0 spiro atoms. The van der Waals surface area contributed by atoms with Crippen molar-refractivity contribution in [1.82, 2.24) is 15.2 Å². The fourth-order valence-corrected chi connectivity index (χ4v) is 3.65. The summed E-state index contributed by atoms with van der Waals surface area (Å²) in [5.41, 5.74) is 10.6. The van der Waals surface area contributed by atoms with Gasteiger partial charge in [-0.2, -0.15) is 5.10 Å². The third-order valence-corrected chi connectivity index (χ3v) is 5.13. The van der Waals surface area contributed by atoms with Gasteiger partial charge in [0.15, 0.2) is 0 Å². The number of H-pyrrole nitrogens is 1. The van der Waals surface area contributed by atoms with Crippen LogP contribution in [0.5, 0.6) is 0 Å². The summed E-state index contributed by atoms with van der Waals surface area (Å²) in [6.45, 7) is 3.92. The van der Waals surface area contributed by atoms with E-state index in [0.717, 1.165) is 35.5 Å². The zero-order valence-electron chi connectivity index (χ0n) is 15.0. The first-order chi connectivity index (χ1) is 12.1. The van der Waals surface area contributed by atoms with Crippen LogP contribution in [0.15, 0.2) is 18.3 Å². The van der Waals surface area contributed by atoms with Crippen LogP contribution in [-0.2, 0) is 4.79 Å². The van der Waals surface area contributed by atoms with Gasteiger partial charge in [0.1, 0.15) is 0 Å². The van der Waals surface area contributed by atoms with E-state index in [0.29, 0.717) is 5.69 Å². The van der Waals surface area contributed by atoms with Gasteiger partial charge >= 0.3 is 0 Å². The van der Waals surface area contributed by atoms with E-state index in [1.165, 1.54) is 25.7 Å². The van der Waals surface area contributed by atoms with Crippen LogP contribution < -0.4 is 11.1 Å². The van der Waals surface area contributed by atoms with Crippen LogP contribution in [0.4, 0.5) is 5.69 Å². The second kappa shape index (κ2) is 7.78. The summed E-state index contributed by atoms with van der Waals surface area (Å²) in [6.07, 6.45) is 8.62. The van der Waals surface area contributed by atoms with Gasteiger partial charge < -0.3 is 11.1 Å². The van der Waals surface area contributed by atoms with E-state index in [9.17, 15) is 4.79 Å². The number of aromatic nitrogens is 3. The third kappa shape index (κ3) is 4.07. The molecule has 4 N–H and O–H groups in total. The molecule has 2 aromatic rings. The van der Waals surface area contributed by atoms with Crippen molar-refractivity contribution >= 4 is 11.6 Å². The first-order valence-corrected chi connectivity index (χ1v) is 9.10. The number of aromatic amines is 1. The largest absolute Gasteiger partial charge is 0.323 e. The lowest BCUT2D eigenvalue weighted by atomic mass is 9.92. The van der Waals surface area contributed by atoms with E-state index in [-0.39, 0.29) is 11.8 Å². The summed E-state index contributed by atoms with van der Waals surface area (Å²) >= 11 is 0. The molecule has 0 unspecified atom stereocenters. The molecule has 6 heteroatoms. The normalized spacial score (nSPS) is 17.1. The van der Waals surface area contributed by atoms with Gasteiger partial charge in [0.25, 0.3) is 0 Å². The van der Waals surface area contributed by atoms with E-state index in [4.69, 9.17) is 5.73 Å². The van der Waals surface area contributed by atoms with Gasteiger partial charge in [-0.15, -0.1) is 0 Å². The van der Waals surface area contributed by atoms with Gasteiger partial charge in [0.2, 0.25) is 5.91 Å². The quantitative estimate of drug-likeness (QED) is 0.743. The maximum Gasteiger partial charge on any atom is 0.241 e. The van der Waals surface area contributed by atoms with Crippen molar-refractivity contribution < 1.29 is 4.79 Å². The predicted octanol–water partition coefficient (Wildman–Crippen LogP) is 3.32. The number of aryl methyl sites for hydroxylation is 2. The SMILES string of the molecule is Cc1n[nH]c(C)c1-c1ccc(NC(=O)[C@@H](N)C2CCCCCC2)cn1. The van der Waals surface area contributed by atoms with Crippen molar-refractivity contribution in [3.8, 4) is 11.3 Å².